The van der Waals surface area contributed by atoms with Crippen LogP contribution in [0, 0.1) is 6.92 Å². The molecule has 0 fully saturated rings. The summed E-state index contributed by atoms with van der Waals surface area (Å²) < 4.78 is 0. The molecule has 3 nitrogen and oxygen atoms in total. The maximum atomic E-state index is 9.17. The molecule has 0 spiro atoms. The van der Waals surface area contributed by atoms with Gasteiger partial charge >= 0.3 is 0 Å². The molecule has 0 radical (unpaired) electrons. The van der Waals surface area contributed by atoms with Gasteiger partial charge in [-0.3, -0.25) is 0 Å². The van der Waals surface area contributed by atoms with Crippen LogP contribution >= 0.6 is 11.3 Å². The quantitative estimate of drug-likeness (QED) is 0.816. The molecule has 0 saturated carbocycles. The van der Waals surface area contributed by atoms with Crippen molar-refractivity contribution >= 4 is 11.3 Å². The summed E-state index contributed by atoms with van der Waals surface area (Å²) >= 11 is 1.60. The second-order valence-electron chi connectivity index (χ2n) is 3.28. The smallest absolute Gasteiger partial charge is 0.123 e. The summed E-state index contributed by atoms with van der Waals surface area (Å²) in [4.78, 5) is 5.55. The molecule has 0 amide bonds. The third-order valence-corrected chi connectivity index (χ3v) is 3.42. The van der Waals surface area contributed by atoms with Crippen LogP contribution in [0.4, 0.5) is 0 Å². The first-order chi connectivity index (χ1) is 7.20. The monoisotopic (exact) mass is 220 g/mol. The van der Waals surface area contributed by atoms with Gasteiger partial charge in [0.1, 0.15) is 10.8 Å². The lowest BCUT2D eigenvalue weighted by atomic mass is 10.2. The SMILES string of the molecule is Cc1nc(-c2ccc(O)cc2)sc1CN. The fraction of sp³-hybridized carbons (Fsp3) is 0.182. The average molecular weight is 220 g/mol. The van der Waals surface area contributed by atoms with E-state index in [2.05, 4.69) is 4.98 Å². The minimum absolute atomic E-state index is 0.270. The highest BCUT2D eigenvalue weighted by molar-refractivity contribution is 7.15. The van der Waals surface area contributed by atoms with Crippen molar-refractivity contribution in [3.05, 3.63) is 34.8 Å². The topological polar surface area (TPSA) is 59.1 Å². The summed E-state index contributed by atoms with van der Waals surface area (Å²) in [6.07, 6.45) is 0. The predicted molar refractivity (Wildman–Crippen MR) is 61.8 cm³/mol. The summed E-state index contributed by atoms with van der Waals surface area (Å²) in [6.45, 7) is 2.49. The van der Waals surface area contributed by atoms with Crippen LogP contribution in [0.3, 0.4) is 0 Å². The Morgan fingerprint density at radius 2 is 2.00 bits per heavy atom. The van der Waals surface area contributed by atoms with Gasteiger partial charge in [0.15, 0.2) is 0 Å². The summed E-state index contributed by atoms with van der Waals surface area (Å²) in [5.74, 6) is 0.270. The zero-order valence-corrected chi connectivity index (χ0v) is 9.21. The van der Waals surface area contributed by atoms with Crippen molar-refractivity contribution in [2.75, 3.05) is 0 Å². The molecule has 3 N–H and O–H groups in total. The van der Waals surface area contributed by atoms with Crippen LogP contribution in [0.15, 0.2) is 24.3 Å². The normalized spacial score (nSPS) is 10.5. The zero-order chi connectivity index (χ0) is 10.8. The second-order valence-corrected chi connectivity index (χ2v) is 4.36. The van der Waals surface area contributed by atoms with Crippen molar-refractivity contribution in [2.24, 2.45) is 5.73 Å². The average Bonchev–Trinajstić information content (AvgIpc) is 2.61. The van der Waals surface area contributed by atoms with Gasteiger partial charge in [0.2, 0.25) is 0 Å². The number of hydrogen-bond acceptors (Lipinski definition) is 4. The highest BCUT2D eigenvalue weighted by Crippen LogP contribution is 2.28. The van der Waals surface area contributed by atoms with Gasteiger partial charge in [0.25, 0.3) is 0 Å². The van der Waals surface area contributed by atoms with E-state index in [0.717, 1.165) is 21.1 Å². The number of aryl methyl sites for hydroxylation is 1. The first-order valence-electron chi connectivity index (χ1n) is 4.66. The van der Waals surface area contributed by atoms with Gasteiger partial charge < -0.3 is 10.8 Å². The summed E-state index contributed by atoms with van der Waals surface area (Å²) in [6, 6.07) is 7.03. The van der Waals surface area contributed by atoms with Crippen LogP contribution < -0.4 is 5.73 Å². The minimum Gasteiger partial charge on any atom is -0.508 e. The van der Waals surface area contributed by atoms with E-state index < -0.39 is 0 Å². The van der Waals surface area contributed by atoms with Crippen LogP contribution in [0.25, 0.3) is 10.6 Å². The maximum Gasteiger partial charge on any atom is 0.123 e. The summed E-state index contributed by atoms with van der Waals surface area (Å²) in [7, 11) is 0. The number of nitrogens with two attached hydrogens (primary N) is 1. The van der Waals surface area contributed by atoms with Crippen LogP contribution in [0.5, 0.6) is 5.75 Å². The molecule has 0 aliphatic carbocycles. The number of aromatic nitrogens is 1. The van der Waals surface area contributed by atoms with Crippen molar-refractivity contribution in [2.45, 2.75) is 13.5 Å². The molecule has 1 aromatic carbocycles. The van der Waals surface area contributed by atoms with E-state index in [1.807, 2.05) is 19.1 Å². The van der Waals surface area contributed by atoms with Gasteiger partial charge in [0, 0.05) is 17.0 Å². The highest BCUT2D eigenvalue weighted by atomic mass is 32.1. The maximum absolute atomic E-state index is 9.17. The van der Waals surface area contributed by atoms with Crippen molar-refractivity contribution in [1.82, 2.24) is 4.98 Å². The number of thiazole rings is 1. The van der Waals surface area contributed by atoms with Crippen molar-refractivity contribution in [1.29, 1.82) is 0 Å². The molecule has 1 aromatic heterocycles. The number of hydrogen-bond donors (Lipinski definition) is 2. The third-order valence-electron chi connectivity index (χ3n) is 2.19. The molecule has 0 saturated heterocycles. The second kappa shape index (κ2) is 4.00. The van der Waals surface area contributed by atoms with E-state index in [-0.39, 0.29) is 5.75 Å². The number of nitrogens with zero attached hydrogens (tertiary/aromatic N) is 1. The number of phenols is 1. The lowest BCUT2D eigenvalue weighted by molar-refractivity contribution is 0.475. The molecule has 2 aromatic rings. The lowest BCUT2D eigenvalue weighted by Crippen LogP contribution is -1.94. The fourth-order valence-corrected chi connectivity index (χ4v) is 2.29. The molecular weight excluding hydrogens is 208 g/mol. The van der Waals surface area contributed by atoms with Gasteiger partial charge in [-0.25, -0.2) is 4.98 Å². The van der Waals surface area contributed by atoms with Crippen molar-refractivity contribution in [3.63, 3.8) is 0 Å². The number of aromatic hydroxyl groups is 1. The van der Waals surface area contributed by atoms with Crippen LogP contribution in [-0.2, 0) is 6.54 Å². The fourth-order valence-electron chi connectivity index (χ4n) is 1.34. The minimum atomic E-state index is 0.270. The largest absolute Gasteiger partial charge is 0.508 e. The van der Waals surface area contributed by atoms with E-state index in [0.29, 0.717) is 6.54 Å². The van der Waals surface area contributed by atoms with Gasteiger partial charge in [0.05, 0.1) is 5.69 Å². The van der Waals surface area contributed by atoms with Crippen molar-refractivity contribution in [3.8, 4) is 16.3 Å². The van der Waals surface area contributed by atoms with Crippen molar-refractivity contribution < 1.29 is 5.11 Å². The number of phenolic OH excluding ortho intramolecular Hbond substituents is 1. The standard InChI is InChI=1S/C11H12N2OS/c1-7-10(6-12)15-11(13-7)8-2-4-9(14)5-3-8/h2-5,14H,6,12H2,1H3. The Balaban J connectivity index is 2.41. The molecule has 0 unspecified atom stereocenters. The van der Waals surface area contributed by atoms with E-state index in [4.69, 9.17) is 5.73 Å². The molecule has 78 valence electrons. The first kappa shape index (κ1) is 10.1. The third kappa shape index (κ3) is 2.00. The Hall–Kier alpha value is -1.39. The van der Waals surface area contributed by atoms with Crippen LogP contribution in [0.2, 0.25) is 0 Å². The molecule has 1 heterocycles. The molecular formula is C11H12N2OS. The van der Waals surface area contributed by atoms with Gasteiger partial charge in [-0.1, -0.05) is 0 Å². The first-order valence-corrected chi connectivity index (χ1v) is 5.48. The molecule has 0 atom stereocenters. The zero-order valence-electron chi connectivity index (χ0n) is 8.40. The Morgan fingerprint density at radius 3 is 2.53 bits per heavy atom. The Kier molecular flexibility index (Phi) is 2.70. The molecule has 0 bridgehead atoms. The molecule has 4 heteroatoms. The predicted octanol–water partition coefficient (Wildman–Crippen LogP) is 2.28. The molecule has 15 heavy (non-hydrogen) atoms. The highest BCUT2D eigenvalue weighted by Gasteiger charge is 2.07. The Bertz CT molecular complexity index is 462. The molecule has 0 aliphatic heterocycles. The van der Waals surface area contributed by atoms with Crippen LogP contribution in [0.1, 0.15) is 10.6 Å². The Morgan fingerprint density at radius 1 is 1.33 bits per heavy atom. The van der Waals surface area contributed by atoms with E-state index in [1.165, 1.54) is 0 Å². The number of rotatable bonds is 2. The van der Waals surface area contributed by atoms with E-state index in [9.17, 15) is 5.11 Å². The van der Waals surface area contributed by atoms with Gasteiger partial charge in [-0.15, -0.1) is 11.3 Å². The van der Waals surface area contributed by atoms with Gasteiger partial charge in [-0.05, 0) is 31.2 Å². The Labute approximate surface area is 92.2 Å². The molecule has 2 rings (SSSR count). The molecule has 0 aliphatic rings. The van der Waals surface area contributed by atoms with Crippen LogP contribution in [-0.4, -0.2) is 10.1 Å². The van der Waals surface area contributed by atoms with E-state index >= 15 is 0 Å². The van der Waals surface area contributed by atoms with Gasteiger partial charge in [-0.2, -0.15) is 0 Å². The number of benzene rings is 1. The lowest BCUT2D eigenvalue weighted by Gasteiger charge is -1.95. The summed E-state index contributed by atoms with van der Waals surface area (Å²) in [5.41, 5.74) is 7.60. The summed E-state index contributed by atoms with van der Waals surface area (Å²) in [5, 5.41) is 10.1. The van der Waals surface area contributed by atoms with E-state index in [1.54, 1.807) is 23.5 Å².